The van der Waals surface area contributed by atoms with Gasteiger partial charge in [-0.3, -0.25) is 4.31 Å². The molecule has 0 radical (unpaired) electrons. The first-order valence-corrected chi connectivity index (χ1v) is 10.8. The van der Waals surface area contributed by atoms with Crippen LogP contribution in [0.1, 0.15) is 17.3 Å². The van der Waals surface area contributed by atoms with Crippen molar-refractivity contribution < 1.29 is 17.9 Å². The molecule has 3 aromatic carbocycles. The maximum absolute atomic E-state index is 13.4. The Morgan fingerprint density at radius 3 is 2.52 bits per heavy atom. The molecule has 29 heavy (non-hydrogen) atoms. The van der Waals surface area contributed by atoms with Gasteiger partial charge in [-0.2, -0.15) is 0 Å². The Hall–Kier alpha value is -2.83. The van der Waals surface area contributed by atoms with E-state index in [-0.39, 0.29) is 28.6 Å². The van der Waals surface area contributed by atoms with Gasteiger partial charge in [-0.15, -0.1) is 6.58 Å². The third-order valence-corrected chi connectivity index (χ3v) is 6.46. The molecule has 0 aliphatic carbocycles. The van der Waals surface area contributed by atoms with Gasteiger partial charge >= 0.3 is 5.97 Å². The summed E-state index contributed by atoms with van der Waals surface area (Å²) in [6, 6.07) is 16.9. The average Bonchev–Trinajstić information content (AvgIpc) is 2.72. The Balaban J connectivity index is 2.09. The van der Waals surface area contributed by atoms with Gasteiger partial charge in [0.25, 0.3) is 10.0 Å². The van der Waals surface area contributed by atoms with Crippen molar-refractivity contribution in [2.45, 2.75) is 11.8 Å². The van der Waals surface area contributed by atoms with Crippen LogP contribution < -0.4 is 4.31 Å². The third kappa shape index (κ3) is 4.28. The van der Waals surface area contributed by atoms with Crippen molar-refractivity contribution in [1.29, 1.82) is 0 Å². The van der Waals surface area contributed by atoms with E-state index in [9.17, 15) is 13.2 Å². The molecule has 0 aromatic heterocycles. The lowest BCUT2D eigenvalue weighted by Gasteiger charge is -2.24. The van der Waals surface area contributed by atoms with Gasteiger partial charge in [-0.25, -0.2) is 13.2 Å². The normalized spacial score (nSPS) is 11.2. The highest BCUT2D eigenvalue weighted by molar-refractivity contribution is 7.92. The minimum atomic E-state index is -3.91. The lowest BCUT2D eigenvalue weighted by molar-refractivity contribution is 0.0526. The number of carbonyl (C=O) groups excluding carboxylic acids is 1. The molecule has 0 saturated carbocycles. The fourth-order valence-electron chi connectivity index (χ4n) is 2.95. The second-order valence-corrected chi connectivity index (χ2v) is 8.49. The summed E-state index contributed by atoms with van der Waals surface area (Å²) in [6.07, 6.45) is 1.48. The van der Waals surface area contributed by atoms with Crippen LogP contribution in [0.2, 0.25) is 5.02 Å². The standard InChI is InChI=1S/C22H20ClNO4S/c1-3-13-24(18-10-12-21(23)20(15-18)22(25)28-4-2)29(26,27)19-11-9-16-7-5-6-8-17(16)14-19/h3,5-12,14-15H,1,4,13H2,2H3. The summed E-state index contributed by atoms with van der Waals surface area (Å²) in [5, 5.41) is 1.95. The van der Waals surface area contributed by atoms with Crippen molar-refractivity contribution in [2.75, 3.05) is 17.5 Å². The highest BCUT2D eigenvalue weighted by Crippen LogP contribution is 2.29. The molecule has 0 fully saturated rings. The Morgan fingerprint density at radius 1 is 1.10 bits per heavy atom. The molecule has 0 atom stereocenters. The van der Waals surface area contributed by atoms with Crippen LogP contribution in [0.5, 0.6) is 0 Å². The first-order valence-electron chi connectivity index (χ1n) is 8.97. The number of esters is 1. The lowest BCUT2D eigenvalue weighted by Crippen LogP contribution is -2.31. The number of benzene rings is 3. The Bertz CT molecular complexity index is 1170. The Kier molecular flexibility index (Phi) is 6.25. The summed E-state index contributed by atoms with van der Waals surface area (Å²) < 4.78 is 33.0. The van der Waals surface area contributed by atoms with E-state index in [0.29, 0.717) is 5.69 Å². The van der Waals surface area contributed by atoms with Crippen LogP contribution in [-0.4, -0.2) is 27.5 Å². The minimum absolute atomic E-state index is 0.0268. The van der Waals surface area contributed by atoms with Gasteiger partial charge in [-0.05, 0) is 48.0 Å². The van der Waals surface area contributed by atoms with Crippen LogP contribution in [0.4, 0.5) is 5.69 Å². The zero-order chi connectivity index (χ0) is 21.0. The number of halogens is 1. The first kappa shape index (κ1) is 20.9. The number of rotatable bonds is 7. The topological polar surface area (TPSA) is 63.7 Å². The van der Waals surface area contributed by atoms with Crippen LogP contribution >= 0.6 is 11.6 Å². The van der Waals surface area contributed by atoms with E-state index in [1.807, 2.05) is 24.3 Å². The fourth-order valence-corrected chi connectivity index (χ4v) is 4.61. The summed E-state index contributed by atoms with van der Waals surface area (Å²) in [5.41, 5.74) is 0.402. The SMILES string of the molecule is C=CCN(c1ccc(Cl)c(C(=O)OCC)c1)S(=O)(=O)c1ccc2ccccc2c1. The molecule has 0 N–H and O–H groups in total. The van der Waals surface area contributed by atoms with Crippen LogP contribution in [-0.2, 0) is 14.8 Å². The van der Waals surface area contributed by atoms with Gasteiger partial charge < -0.3 is 4.74 Å². The highest BCUT2D eigenvalue weighted by atomic mass is 35.5. The molecule has 0 aliphatic heterocycles. The molecule has 0 spiro atoms. The molecule has 3 rings (SSSR count). The average molecular weight is 430 g/mol. The number of sulfonamides is 1. The fraction of sp³-hybridized carbons (Fsp3) is 0.136. The maximum Gasteiger partial charge on any atom is 0.339 e. The summed E-state index contributed by atoms with van der Waals surface area (Å²) >= 11 is 6.12. The van der Waals surface area contributed by atoms with E-state index in [4.69, 9.17) is 16.3 Å². The molecule has 0 saturated heterocycles. The quantitative estimate of drug-likeness (QED) is 0.389. The number of ether oxygens (including phenoxy) is 1. The van der Waals surface area contributed by atoms with E-state index in [1.54, 1.807) is 31.2 Å². The van der Waals surface area contributed by atoms with Crippen molar-refractivity contribution >= 4 is 44.1 Å². The van der Waals surface area contributed by atoms with Gasteiger partial charge in [0.2, 0.25) is 0 Å². The summed E-state index contributed by atoms with van der Waals surface area (Å²) in [6.45, 7) is 5.56. The summed E-state index contributed by atoms with van der Waals surface area (Å²) in [5.74, 6) is -0.610. The number of fused-ring (bicyclic) bond motifs is 1. The van der Waals surface area contributed by atoms with E-state index < -0.39 is 16.0 Å². The van der Waals surface area contributed by atoms with Crippen molar-refractivity contribution in [1.82, 2.24) is 0 Å². The summed E-state index contributed by atoms with van der Waals surface area (Å²) in [7, 11) is -3.91. The molecule has 0 unspecified atom stereocenters. The Labute approximate surface area is 175 Å². The predicted octanol–water partition coefficient (Wildman–Crippen LogP) is 5.05. The van der Waals surface area contributed by atoms with E-state index >= 15 is 0 Å². The second-order valence-electron chi connectivity index (χ2n) is 6.22. The number of nitrogens with zero attached hydrogens (tertiary/aromatic N) is 1. The molecule has 0 amide bonds. The molecule has 0 aliphatic rings. The van der Waals surface area contributed by atoms with E-state index in [0.717, 1.165) is 10.8 Å². The zero-order valence-electron chi connectivity index (χ0n) is 15.8. The maximum atomic E-state index is 13.4. The minimum Gasteiger partial charge on any atom is -0.462 e. The number of hydrogen-bond acceptors (Lipinski definition) is 4. The van der Waals surface area contributed by atoms with Gasteiger partial charge in [0.05, 0.1) is 34.3 Å². The van der Waals surface area contributed by atoms with Crippen LogP contribution in [0, 0.1) is 0 Å². The van der Waals surface area contributed by atoms with Crippen molar-refractivity contribution in [3.8, 4) is 0 Å². The monoisotopic (exact) mass is 429 g/mol. The third-order valence-electron chi connectivity index (χ3n) is 4.34. The lowest BCUT2D eigenvalue weighted by atomic mass is 10.1. The molecule has 7 heteroatoms. The zero-order valence-corrected chi connectivity index (χ0v) is 17.4. The molecule has 0 heterocycles. The van der Waals surface area contributed by atoms with Gasteiger partial charge in [0, 0.05) is 0 Å². The molecule has 3 aromatic rings. The molecule has 150 valence electrons. The van der Waals surface area contributed by atoms with Crippen LogP contribution in [0.25, 0.3) is 10.8 Å². The summed E-state index contributed by atoms with van der Waals surface area (Å²) in [4.78, 5) is 12.3. The number of hydrogen-bond donors (Lipinski definition) is 0. The van der Waals surface area contributed by atoms with Crippen LogP contribution in [0.3, 0.4) is 0 Å². The Morgan fingerprint density at radius 2 is 1.83 bits per heavy atom. The van der Waals surface area contributed by atoms with Crippen molar-refractivity contribution in [3.05, 3.63) is 83.9 Å². The van der Waals surface area contributed by atoms with Crippen molar-refractivity contribution in [2.24, 2.45) is 0 Å². The number of carbonyl (C=O) groups is 1. The van der Waals surface area contributed by atoms with Gasteiger partial charge in [0.15, 0.2) is 0 Å². The predicted molar refractivity (Wildman–Crippen MR) is 116 cm³/mol. The van der Waals surface area contributed by atoms with E-state index in [1.165, 1.54) is 22.5 Å². The largest absolute Gasteiger partial charge is 0.462 e. The van der Waals surface area contributed by atoms with Crippen LogP contribution in [0.15, 0.2) is 78.2 Å². The van der Waals surface area contributed by atoms with Crippen molar-refractivity contribution in [3.63, 3.8) is 0 Å². The highest BCUT2D eigenvalue weighted by Gasteiger charge is 2.26. The smallest absolute Gasteiger partial charge is 0.339 e. The second kappa shape index (κ2) is 8.68. The molecule has 5 nitrogen and oxygen atoms in total. The molecular formula is C22H20ClNO4S. The molecule has 0 bridgehead atoms. The van der Waals surface area contributed by atoms with Gasteiger partial charge in [0.1, 0.15) is 0 Å². The van der Waals surface area contributed by atoms with E-state index in [2.05, 4.69) is 6.58 Å². The first-order chi connectivity index (χ1) is 13.9. The molecular weight excluding hydrogens is 410 g/mol. The van der Waals surface area contributed by atoms with Gasteiger partial charge in [-0.1, -0.05) is 48.0 Å². The number of anilines is 1.